The van der Waals surface area contributed by atoms with E-state index in [1.165, 1.54) is 30.5 Å². The zero-order chi connectivity index (χ0) is 20.2. The number of fused-ring (bicyclic) bond motifs is 1. The summed E-state index contributed by atoms with van der Waals surface area (Å²) in [5.41, 5.74) is 2.49. The number of nitrogens with zero attached hydrogens (tertiary/aromatic N) is 6. The summed E-state index contributed by atoms with van der Waals surface area (Å²) in [6, 6.07) is 6.11. The molecule has 1 fully saturated rings. The zero-order valence-corrected chi connectivity index (χ0v) is 18.1. The first-order valence-electron chi connectivity index (χ1n) is 10.5. The molecule has 0 aliphatic carbocycles. The topological polar surface area (TPSA) is 61.6 Å². The molecule has 1 N–H and O–H groups in total. The van der Waals surface area contributed by atoms with Crippen molar-refractivity contribution < 1.29 is 0 Å². The summed E-state index contributed by atoms with van der Waals surface area (Å²) >= 11 is 6.21. The van der Waals surface area contributed by atoms with Gasteiger partial charge in [0.05, 0.1) is 6.54 Å². The highest BCUT2D eigenvalue weighted by atomic mass is 35.5. The summed E-state index contributed by atoms with van der Waals surface area (Å²) in [6.45, 7) is 7.56. The van der Waals surface area contributed by atoms with Crippen molar-refractivity contribution in [3.8, 4) is 0 Å². The number of hydrogen-bond donors (Lipinski definition) is 1. The van der Waals surface area contributed by atoms with E-state index in [0.29, 0.717) is 6.54 Å². The first-order valence-corrected chi connectivity index (χ1v) is 10.9. The second-order valence-electron chi connectivity index (χ2n) is 7.80. The number of piperazine rings is 1. The Hall–Kier alpha value is -2.28. The first-order chi connectivity index (χ1) is 14.2. The number of guanidine groups is 1. The number of benzene rings is 1. The molecule has 0 bridgehead atoms. The van der Waals surface area contributed by atoms with Crippen molar-refractivity contribution in [1.29, 1.82) is 0 Å². The summed E-state index contributed by atoms with van der Waals surface area (Å²) < 4.78 is 2.28. The Morgan fingerprint density at radius 3 is 2.72 bits per heavy atom. The maximum Gasteiger partial charge on any atom is 0.194 e. The van der Waals surface area contributed by atoms with Gasteiger partial charge in [0.15, 0.2) is 11.8 Å². The van der Waals surface area contributed by atoms with E-state index < -0.39 is 0 Å². The Bertz CT molecular complexity index is 868. The molecular weight excluding hydrogens is 386 g/mol. The van der Waals surface area contributed by atoms with Gasteiger partial charge in [-0.05, 0) is 37.5 Å². The minimum atomic E-state index is 0.660. The fourth-order valence-electron chi connectivity index (χ4n) is 4.25. The van der Waals surface area contributed by atoms with Crippen molar-refractivity contribution >= 4 is 23.2 Å². The summed E-state index contributed by atoms with van der Waals surface area (Å²) in [7, 11) is 1.85. The fraction of sp³-hybridized carbons (Fsp3) is 0.571. The maximum absolute atomic E-state index is 6.21. The van der Waals surface area contributed by atoms with Gasteiger partial charge in [0.25, 0.3) is 0 Å². The van der Waals surface area contributed by atoms with Gasteiger partial charge in [0.2, 0.25) is 0 Å². The molecule has 1 aromatic heterocycles. The van der Waals surface area contributed by atoms with Crippen molar-refractivity contribution in [2.45, 2.75) is 45.7 Å². The summed E-state index contributed by atoms with van der Waals surface area (Å²) in [6.07, 6.45) is 4.72. The van der Waals surface area contributed by atoms with E-state index in [4.69, 9.17) is 11.6 Å². The van der Waals surface area contributed by atoms with Gasteiger partial charge in [0.1, 0.15) is 5.82 Å². The van der Waals surface area contributed by atoms with Gasteiger partial charge in [-0.1, -0.05) is 24.1 Å². The van der Waals surface area contributed by atoms with Crippen LogP contribution in [0.25, 0.3) is 0 Å². The third-order valence-corrected chi connectivity index (χ3v) is 6.13. The summed E-state index contributed by atoms with van der Waals surface area (Å²) in [5.74, 6) is 3.06. The van der Waals surface area contributed by atoms with Crippen LogP contribution in [0.5, 0.6) is 0 Å². The molecule has 0 amide bonds. The minimum Gasteiger partial charge on any atom is -0.368 e. The standard InChI is InChI=1S/C21H30ClN7/c1-16-7-8-17(22)14-18(16)27-10-12-28(13-11-27)21(23-2)24-15-20-26-25-19-6-4-3-5-9-29(19)20/h7-8,14H,3-6,9-13,15H2,1-2H3,(H,23,24). The molecule has 1 saturated heterocycles. The summed E-state index contributed by atoms with van der Waals surface area (Å²) in [4.78, 5) is 9.23. The lowest BCUT2D eigenvalue weighted by Crippen LogP contribution is -2.52. The molecule has 0 saturated carbocycles. The lowest BCUT2D eigenvalue weighted by Gasteiger charge is -2.38. The van der Waals surface area contributed by atoms with E-state index >= 15 is 0 Å². The molecule has 7 nitrogen and oxygen atoms in total. The number of aryl methyl sites for hydroxylation is 2. The second kappa shape index (κ2) is 9.03. The van der Waals surface area contributed by atoms with Crippen LogP contribution in [0.4, 0.5) is 5.69 Å². The number of rotatable bonds is 3. The Morgan fingerprint density at radius 1 is 1.10 bits per heavy atom. The number of nitrogens with one attached hydrogen (secondary N) is 1. The Morgan fingerprint density at radius 2 is 1.93 bits per heavy atom. The molecule has 0 atom stereocenters. The van der Waals surface area contributed by atoms with Crippen LogP contribution < -0.4 is 10.2 Å². The molecule has 8 heteroatoms. The lowest BCUT2D eigenvalue weighted by atomic mass is 10.1. The van der Waals surface area contributed by atoms with Gasteiger partial charge in [-0.3, -0.25) is 4.99 Å². The van der Waals surface area contributed by atoms with Crippen LogP contribution in [0.2, 0.25) is 5.02 Å². The molecular formula is C21H30ClN7. The SMILES string of the molecule is CN=C(NCc1nnc2n1CCCCC2)N1CCN(c2cc(Cl)ccc2C)CC1. The third kappa shape index (κ3) is 4.50. The number of halogens is 1. The molecule has 2 aliphatic rings. The molecule has 0 spiro atoms. The highest BCUT2D eigenvalue weighted by molar-refractivity contribution is 6.30. The van der Waals surface area contributed by atoms with Crippen molar-refractivity contribution in [2.24, 2.45) is 4.99 Å². The molecule has 0 unspecified atom stereocenters. The number of anilines is 1. The van der Waals surface area contributed by atoms with Crippen LogP contribution in [0.1, 0.15) is 36.5 Å². The zero-order valence-electron chi connectivity index (χ0n) is 17.4. The first kappa shape index (κ1) is 20.0. The Balaban J connectivity index is 1.35. The minimum absolute atomic E-state index is 0.660. The average molecular weight is 416 g/mol. The van der Waals surface area contributed by atoms with Crippen molar-refractivity contribution in [3.63, 3.8) is 0 Å². The predicted molar refractivity (Wildman–Crippen MR) is 118 cm³/mol. The van der Waals surface area contributed by atoms with E-state index in [2.05, 4.69) is 53.9 Å². The molecule has 29 heavy (non-hydrogen) atoms. The van der Waals surface area contributed by atoms with Crippen molar-refractivity contribution in [1.82, 2.24) is 25.0 Å². The van der Waals surface area contributed by atoms with Gasteiger partial charge in [-0.15, -0.1) is 10.2 Å². The van der Waals surface area contributed by atoms with Gasteiger partial charge in [-0.2, -0.15) is 0 Å². The molecule has 156 valence electrons. The van der Waals surface area contributed by atoms with Crippen LogP contribution in [0.15, 0.2) is 23.2 Å². The van der Waals surface area contributed by atoms with Crippen LogP contribution in [0.3, 0.4) is 0 Å². The van der Waals surface area contributed by atoms with Crippen LogP contribution >= 0.6 is 11.6 Å². The van der Waals surface area contributed by atoms with Crippen LogP contribution in [-0.4, -0.2) is 58.9 Å². The largest absolute Gasteiger partial charge is 0.368 e. The van der Waals surface area contributed by atoms with Gasteiger partial charge < -0.3 is 19.7 Å². The number of hydrogen-bond acceptors (Lipinski definition) is 4. The fourth-order valence-corrected chi connectivity index (χ4v) is 4.42. The van der Waals surface area contributed by atoms with Crippen LogP contribution in [0, 0.1) is 6.92 Å². The Labute approximate surface area is 177 Å². The molecule has 4 rings (SSSR count). The van der Waals surface area contributed by atoms with E-state index in [1.54, 1.807) is 0 Å². The number of aliphatic imine (C=N–C) groups is 1. The second-order valence-corrected chi connectivity index (χ2v) is 8.24. The Kier molecular flexibility index (Phi) is 6.23. The van der Waals surface area contributed by atoms with E-state index in [0.717, 1.165) is 61.8 Å². The molecule has 2 aromatic rings. The van der Waals surface area contributed by atoms with E-state index in [9.17, 15) is 0 Å². The predicted octanol–water partition coefficient (Wildman–Crippen LogP) is 2.86. The van der Waals surface area contributed by atoms with Gasteiger partial charge >= 0.3 is 0 Å². The van der Waals surface area contributed by atoms with Gasteiger partial charge in [-0.25, -0.2) is 0 Å². The molecule has 3 heterocycles. The summed E-state index contributed by atoms with van der Waals surface area (Å²) in [5, 5.41) is 13.1. The quantitative estimate of drug-likeness (QED) is 0.617. The lowest BCUT2D eigenvalue weighted by molar-refractivity contribution is 0.371. The van der Waals surface area contributed by atoms with Crippen molar-refractivity contribution in [3.05, 3.63) is 40.4 Å². The van der Waals surface area contributed by atoms with Crippen LogP contribution in [-0.2, 0) is 19.5 Å². The van der Waals surface area contributed by atoms with E-state index in [-0.39, 0.29) is 0 Å². The smallest absolute Gasteiger partial charge is 0.194 e. The maximum atomic E-state index is 6.21. The normalized spacial score (nSPS) is 17.8. The van der Waals surface area contributed by atoms with Gasteiger partial charge in [0, 0.05) is 56.9 Å². The highest BCUT2D eigenvalue weighted by Gasteiger charge is 2.22. The highest BCUT2D eigenvalue weighted by Crippen LogP contribution is 2.25. The number of aromatic nitrogens is 3. The molecule has 1 aromatic carbocycles. The molecule has 0 radical (unpaired) electrons. The van der Waals surface area contributed by atoms with E-state index in [1.807, 2.05) is 13.1 Å². The van der Waals surface area contributed by atoms with Crippen molar-refractivity contribution in [2.75, 3.05) is 38.1 Å². The third-order valence-electron chi connectivity index (χ3n) is 5.89. The molecule has 2 aliphatic heterocycles. The average Bonchev–Trinajstić information content (AvgIpc) is 2.97. The monoisotopic (exact) mass is 415 g/mol.